The van der Waals surface area contributed by atoms with E-state index in [0.717, 1.165) is 24.1 Å². The van der Waals surface area contributed by atoms with Gasteiger partial charge < -0.3 is 10.1 Å². The van der Waals surface area contributed by atoms with Gasteiger partial charge in [-0.1, -0.05) is 11.6 Å². The predicted octanol–water partition coefficient (Wildman–Crippen LogP) is 2.01. The quantitative estimate of drug-likeness (QED) is 0.913. The van der Waals surface area contributed by atoms with E-state index in [1.165, 1.54) is 11.3 Å². The van der Waals surface area contributed by atoms with Crippen molar-refractivity contribution in [2.24, 2.45) is 4.99 Å². The minimum atomic E-state index is -0.510. The van der Waals surface area contributed by atoms with Crippen LogP contribution in [-0.4, -0.2) is 29.1 Å². The fourth-order valence-electron chi connectivity index (χ4n) is 1.87. The number of amidine groups is 1. The number of thiazole rings is 1. The van der Waals surface area contributed by atoms with Gasteiger partial charge in [-0.25, -0.2) is 9.78 Å². The average molecular weight is 272 g/mol. The Morgan fingerprint density at radius 2 is 2.41 bits per heavy atom. The molecular weight excluding hydrogens is 262 g/mol. The molecule has 0 radical (unpaired) electrons. The van der Waals surface area contributed by atoms with Crippen LogP contribution in [0.2, 0.25) is 4.47 Å². The van der Waals surface area contributed by atoms with Gasteiger partial charge in [0, 0.05) is 23.0 Å². The topological polar surface area (TPSA) is 63.6 Å². The van der Waals surface area contributed by atoms with Gasteiger partial charge >= 0.3 is 6.09 Å². The average Bonchev–Trinajstić information content (AvgIpc) is 2.68. The van der Waals surface area contributed by atoms with Crippen molar-refractivity contribution in [1.29, 1.82) is 0 Å². The standard InChI is InChI=1S/C10H10ClN3O2S/c11-8-12-4-6(17-8)3-10(1-2-10)14-7-5-16-9(15)13-7/h4H,1-3,5H2,(H,13,14,15). The molecule has 3 rings (SSSR count). The van der Waals surface area contributed by atoms with Crippen LogP contribution in [0.4, 0.5) is 4.79 Å². The summed E-state index contributed by atoms with van der Waals surface area (Å²) in [4.78, 5) is 19.8. The second-order valence-electron chi connectivity index (χ2n) is 4.27. The molecule has 1 fully saturated rings. The predicted molar refractivity (Wildman–Crippen MR) is 64.7 cm³/mol. The number of ether oxygens (including phenoxy) is 1. The van der Waals surface area contributed by atoms with Crippen LogP contribution in [0.15, 0.2) is 11.2 Å². The Bertz CT molecular complexity index is 495. The van der Waals surface area contributed by atoms with Gasteiger partial charge in [-0.15, -0.1) is 11.3 Å². The van der Waals surface area contributed by atoms with E-state index in [4.69, 9.17) is 16.3 Å². The third kappa shape index (κ3) is 2.42. The summed E-state index contributed by atoms with van der Waals surface area (Å²) in [6.07, 6.45) is 4.28. The van der Waals surface area contributed by atoms with Gasteiger partial charge in [0.25, 0.3) is 0 Å². The fourth-order valence-corrected chi connectivity index (χ4v) is 2.99. The van der Waals surface area contributed by atoms with Crippen LogP contribution in [0.1, 0.15) is 17.7 Å². The van der Waals surface area contributed by atoms with E-state index in [2.05, 4.69) is 15.3 Å². The number of aliphatic imine (C=N–C) groups is 1. The molecule has 90 valence electrons. The molecule has 7 heteroatoms. The summed E-state index contributed by atoms with van der Waals surface area (Å²) in [5.41, 5.74) is 0.0165. The lowest BCUT2D eigenvalue weighted by Gasteiger charge is -2.16. The van der Waals surface area contributed by atoms with E-state index < -0.39 is 6.09 Å². The summed E-state index contributed by atoms with van der Waals surface area (Å²) in [5, 5.41) is 3.29. The van der Waals surface area contributed by atoms with Crippen molar-refractivity contribution in [3.8, 4) is 0 Å². The molecule has 1 aromatic heterocycles. The number of hydrogen-bond acceptors (Lipinski definition) is 5. The van der Waals surface area contributed by atoms with Crippen molar-refractivity contribution in [2.75, 3.05) is 6.61 Å². The first-order valence-corrected chi connectivity index (χ1v) is 6.47. The number of nitrogens with zero attached hydrogens (tertiary/aromatic N) is 2. The third-order valence-electron chi connectivity index (χ3n) is 2.86. The molecule has 1 aliphatic heterocycles. The van der Waals surface area contributed by atoms with E-state index in [0.29, 0.717) is 10.3 Å². The zero-order valence-corrected chi connectivity index (χ0v) is 10.5. The number of hydrogen-bond donors (Lipinski definition) is 1. The van der Waals surface area contributed by atoms with E-state index in [1.807, 2.05) is 0 Å². The third-order valence-corrected chi connectivity index (χ3v) is 3.97. The SMILES string of the molecule is O=C1N=C(NC2(Cc3cnc(Cl)s3)CC2)CO1. The zero-order valence-electron chi connectivity index (χ0n) is 8.90. The van der Waals surface area contributed by atoms with Crippen LogP contribution in [0.3, 0.4) is 0 Å². The highest BCUT2D eigenvalue weighted by atomic mass is 35.5. The molecule has 17 heavy (non-hydrogen) atoms. The number of aromatic nitrogens is 1. The van der Waals surface area contributed by atoms with Crippen LogP contribution in [0.5, 0.6) is 0 Å². The molecule has 0 saturated heterocycles. The lowest BCUT2D eigenvalue weighted by Crippen LogP contribution is -2.39. The van der Waals surface area contributed by atoms with E-state index in [9.17, 15) is 4.79 Å². The molecule has 1 saturated carbocycles. The largest absolute Gasteiger partial charge is 0.440 e. The van der Waals surface area contributed by atoms with E-state index in [-0.39, 0.29) is 12.1 Å². The smallest absolute Gasteiger partial charge is 0.435 e. The summed E-state index contributed by atoms with van der Waals surface area (Å²) in [6, 6.07) is 0. The summed E-state index contributed by atoms with van der Waals surface area (Å²) in [7, 11) is 0. The summed E-state index contributed by atoms with van der Waals surface area (Å²) in [6.45, 7) is 0.254. The molecule has 1 N–H and O–H groups in total. The Kier molecular flexibility index (Phi) is 2.56. The van der Waals surface area contributed by atoms with Crippen LogP contribution < -0.4 is 5.32 Å². The summed E-state index contributed by atoms with van der Waals surface area (Å²) in [5.74, 6) is 0.628. The molecule has 5 nitrogen and oxygen atoms in total. The van der Waals surface area contributed by atoms with Crippen molar-refractivity contribution in [3.05, 3.63) is 15.5 Å². The molecule has 0 atom stereocenters. The number of carbonyl (C=O) groups is 1. The van der Waals surface area contributed by atoms with Gasteiger partial charge in [-0.05, 0) is 12.8 Å². The summed E-state index contributed by atoms with van der Waals surface area (Å²) >= 11 is 7.29. The number of carbonyl (C=O) groups excluding carboxylic acids is 1. The minimum absolute atomic E-state index is 0.0165. The molecule has 2 heterocycles. The number of nitrogens with one attached hydrogen (secondary N) is 1. The highest BCUT2D eigenvalue weighted by Gasteiger charge is 2.44. The molecule has 1 amide bonds. The molecule has 0 bridgehead atoms. The van der Waals surface area contributed by atoms with Crippen molar-refractivity contribution >= 4 is 34.9 Å². The maximum Gasteiger partial charge on any atom is 0.435 e. The van der Waals surface area contributed by atoms with Crippen molar-refractivity contribution < 1.29 is 9.53 Å². The highest BCUT2D eigenvalue weighted by Crippen LogP contribution is 2.40. The fraction of sp³-hybridized carbons (Fsp3) is 0.500. The Morgan fingerprint density at radius 1 is 1.59 bits per heavy atom. The van der Waals surface area contributed by atoms with E-state index >= 15 is 0 Å². The highest BCUT2D eigenvalue weighted by molar-refractivity contribution is 7.15. The summed E-state index contributed by atoms with van der Waals surface area (Å²) < 4.78 is 5.32. The maximum atomic E-state index is 10.8. The monoisotopic (exact) mass is 271 g/mol. The van der Waals surface area contributed by atoms with Gasteiger partial charge in [0.2, 0.25) is 0 Å². The molecule has 1 aromatic rings. The van der Waals surface area contributed by atoms with Gasteiger partial charge in [0.15, 0.2) is 11.1 Å². The molecule has 1 aliphatic carbocycles. The zero-order chi connectivity index (χ0) is 11.9. The van der Waals surface area contributed by atoms with Crippen molar-refractivity contribution in [2.45, 2.75) is 24.8 Å². The first-order chi connectivity index (χ1) is 8.15. The van der Waals surface area contributed by atoms with Crippen molar-refractivity contribution in [3.63, 3.8) is 0 Å². The Labute approximate surface area is 107 Å². The lowest BCUT2D eigenvalue weighted by molar-refractivity contribution is 0.180. The minimum Gasteiger partial charge on any atom is -0.440 e. The number of amides is 1. The normalized spacial score (nSPS) is 21.0. The first kappa shape index (κ1) is 11.0. The van der Waals surface area contributed by atoms with Gasteiger partial charge in [-0.3, -0.25) is 0 Å². The molecular formula is C10H10ClN3O2S. The number of cyclic esters (lactones) is 1. The maximum absolute atomic E-state index is 10.8. The lowest BCUT2D eigenvalue weighted by atomic mass is 10.1. The van der Waals surface area contributed by atoms with Crippen LogP contribution in [0.25, 0.3) is 0 Å². The molecule has 0 spiro atoms. The van der Waals surface area contributed by atoms with Gasteiger partial charge in [0.1, 0.15) is 5.84 Å². The molecule has 2 aliphatic rings. The first-order valence-electron chi connectivity index (χ1n) is 5.28. The second-order valence-corrected chi connectivity index (χ2v) is 5.97. The Hall–Kier alpha value is -1.14. The second kappa shape index (κ2) is 3.96. The Balaban J connectivity index is 1.66. The van der Waals surface area contributed by atoms with E-state index in [1.54, 1.807) is 6.20 Å². The van der Waals surface area contributed by atoms with Crippen LogP contribution in [-0.2, 0) is 11.2 Å². The van der Waals surface area contributed by atoms with Gasteiger partial charge in [-0.2, -0.15) is 4.99 Å². The van der Waals surface area contributed by atoms with Crippen LogP contribution in [0, 0.1) is 0 Å². The number of halogens is 1. The Morgan fingerprint density at radius 3 is 2.94 bits per heavy atom. The molecule has 0 unspecified atom stereocenters. The van der Waals surface area contributed by atoms with Crippen molar-refractivity contribution in [1.82, 2.24) is 10.3 Å². The van der Waals surface area contributed by atoms with Gasteiger partial charge in [0.05, 0.1) is 0 Å². The molecule has 0 aromatic carbocycles. The van der Waals surface area contributed by atoms with Crippen LogP contribution >= 0.6 is 22.9 Å². The number of rotatable bonds is 3.